The Morgan fingerprint density at radius 1 is 1.12 bits per heavy atom. The number of benzene rings is 1. The Morgan fingerprint density at radius 2 is 1.78 bits per heavy atom. The van der Waals surface area contributed by atoms with Crippen molar-refractivity contribution in [2.75, 3.05) is 6.54 Å². The van der Waals surface area contributed by atoms with Crippen LogP contribution < -0.4 is 0 Å². The third kappa shape index (κ3) is 3.38. The molecule has 32 heavy (non-hydrogen) atoms. The summed E-state index contributed by atoms with van der Waals surface area (Å²) in [5.41, 5.74) is 3.54. The highest BCUT2D eigenvalue weighted by atomic mass is 32.2. The Kier molecular flexibility index (Phi) is 5.06. The van der Waals surface area contributed by atoms with Crippen LogP contribution in [0.2, 0.25) is 0 Å². The summed E-state index contributed by atoms with van der Waals surface area (Å²) in [4.78, 5) is 15.6. The Hall–Kier alpha value is -1.92. The van der Waals surface area contributed by atoms with Crippen LogP contribution in [-0.4, -0.2) is 31.5 Å². The van der Waals surface area contributed by atoms with Crippen molar-refractivity contribution in [2.45, 2.75) is 57.3 Å². The Bertz CT molecular complexity index is 1070. The normalized spacial score (nSPS) is 32.5. The molecule has 1 amide bonds. The van der Waals surface area contributed by atoms with Crippen molar-refractivity contribution in [1.29, 1.82) is 0 Å². The van der Waals surface area contributed by atoms with Crippen molar-refractivity contribution < 1.29 is 4.79 Å². The lowest BCUT2D eigenvalue weighted by atomic mass is 9.48. The lowest BCUT2D eigenvalue weighted by molar-refractivity contribution is -0.122. The summed E-state index contributed by atoms with van der Waals surface area (Å²) in [6.45, 7) is 2.77. The van der Waals surface area contributed by atoms with Gasteiger partial charge in [0, 0.05) is 23.7 Å². The number of rotatable bonds is 5. The van der Waals surface area contributed by atoms with Crippen molar-refractivity contribution in [3.8, 4) is 5.69 Å². The third-order valence-corrected chi connectivity index (χ3v) is 9.29. The van der Waals surface area contributed by atoms with Gasteiger partial charge in [-0.1, -0.05) is 49.1 Å². The summed E-state index contributed by atoms with van der Waals surface area (Å²) in [6.07, 6.45) is 13.1. The summed E-state index contributed by atoms with van der Waals surface area (Å²) in [7, 11) is 0. The van der Waals surface area contributed by atoms with E-state index in [1.54, 1.807) is 4.90 Å². The second kappa shape index (κ2) is 7.84. The van der Waals surface area contributed by atoms with Gasteiger partial charge in [-0.05, 0) is 80.9 Å². The predicted molar refractivity (Wildman–Crippen MR) is 134 cm³/mol. The Labute approximate surface area is 199 Å². The average Bonchev–Trinajstić information content (AvgIpc) is 3.31. The van der Waals surface area contributed by atoms with E-state index >= 15 is 0 Å². The summed E-state index contributed by atoms with van der Waals surface area (Å²) >= 11 is 6.95. The van der Waals surface area contributed by atoms with Crippen LogP contribution in [-0.2, 0) is 10.2 Å². The van der Waals surface area contributed by atoms with E-state index in [2.05, 4.69) is 43.5 Å². The fraction of sp³-hybridized carbons (Fsp3) is 0.500. The molecule has 4 nitrogen and oxygen atoms in total. The van der Waals surface area contributed by atoms with Crippen LogP contribution in [0.3, 0.4) is 0 Å². The van der Waals surface area contributed by atoms with Gasteiger partial charge >= 0.3 is 0 Å². The fourth-order valence-corrected chi connectivity index (χ4v) is 8.38. The van der Waals surface area contributed by atoms with Crippen LogP contribution in [0.1, 0.15) is 63.1 Å². The van der Waals surface area contributed by atoms with Crippen LogP contribution in [0.15, 0.2) is 41.4 Å². The maximum Gasteiger partial charge on any atom is 0.266 e. The Morgan fingerprint density at radius 3 is 2.41 bits per heavy atom. The largest absolute Gasteiger partial charge is 0.293 e. The van der Waals surface area contributed by atoms with Crippen molar-refractivity contribution >= 4 is 40.3 Å². The SMILES string of the molecule is CCCN1C(=O)/C(=C/c2cn(-c3ccccc3)nc2C23CC4CC(CC(C4)C2)C3)SC1=S. The highest BCUT2D eigenvalue weighted by molar-refractivity contribution is 8.26. The van der Waals surface area contributed by atoms with Gasteiger partial charge in [0.1, 0.15) is 4.32 Å². The number of aromatic nitrogens is 2. The zero-order valence-corrected chi connectivity index (χ0v) is 20.1. The predicted octanol–water partition coefficient (Wildman–Crippen LogP) is 5.95. The van der Waals surface area contributed by atoms with Gasteiger partial charge in [-0.25, -0.2) is 4.68 Å². The lowest BCUT2D eigenvalue weighted by Gasteiger charge is -2.56. The van der Waals surface area contributed by atoms with Gasteiger partial charge < -0.3 is 0 Å². The van der Waals surface area contributed by atoms with E-state index < -0.39 is 0 Å². The summed E-state index contributed by atoms with van der Waals surface area (Å²) in [6, 6.07) is 10.3. The number of carbonyl (C=O) groups is 1. The molecule has 5 fully saturated rings. The lowest BCUT2D eigenvalue weighted by Crippen LogP contribution is -2.49. The first kappa shape index (κ1) is 20.7. The van der Waals surface area contributed by atoms with Gasteiger partial charge in [-0.15, -0.1) is 0 Å². The number of para-hydroxylation sites is 1. The zero-order valence-electron chi connectivity index (χ0n) is 18.5. The molecule has 7 rings (SSSR count). The minimum absolute atomic E-state index is 0.0470. The maximum absolute atomic E-state index is 13.1. The second-order valence-electron chi connectivity index (χ2n) is 10.2. The van der Waals surface area contributed by atoms with Crippen molar-refractivity contribution in [3.63, 3.8) is 0 Å². The molecule has 2 aromatic rings. The summed E-state index contributed by atoms with van der Waals surface area (Å²) in [5, 5.41) is 5.22. The number of thioether (sulfide) groups is 1. The molecule has 2 heterocycles. The van der Waals surface area contributed by atoms with Gasteiger partial charge in [0.05, 0.1) is 16.3 Å². The molecule has 4 bridgehead atoms. The highest BCUT2D eigenvalue weighted by Gasteiger charge is 2.53. The topological polar surface area (TPSA) is 38.1 Å². The Balaban J connectivity index is 1.44. The third-order valence-electron chi connectivity index (χ3n) is 7.91. The molecule has 1 aromatic carbocycles. The quantitative estimate of drug-likeness (QED) is 0.406. The number of thiocarbonyl (C=S) groups is 1. The molecule has 5 aliphatic rings. The first-order valence-electron chi connectivity index (χ1n) is 12.0. The molecule has 1 saturated heterocycles. The average molecular weight is 464 g/mol. The number of carbonyl (C=O) groups excluding carboxylic acids is 1. The smallest absolute Gasteiger partial charge is 0.266 e. The molecule has 4 saturated carbocycles. The molecule has 0 spiro atoms. The van der Waals surface area contributed by atoms with E-state index in [9.17, 15) is 4.79 Å². The summed E-state index contributed by atoms with van der Waals surface area (Å²) in [5.74, 6) is 2.59. The van der Waals surface area contributed by atoms with Crippen LogP contribution in [0.4, 0.5) is 0 Å². The van der Waals surface area contributed by atoms with Crippen LogP contribution in [0.25, 0.3) is 11.8 Å². The molecule has 4 aliphatic carbocycles. The monoisotopic (exact) mass is 463 g/mol. The zero-order chi connectivity index (χ0) is 21.9. The van der Waals surface area contributed by atoms with E-state index in [4.69, 9.17) is 17.3 Å². The maximum atomic E-state index is 13.1. The van der Waals surface area contributed by atoms with Gasteiger partial charge in [0.15, 0.2) is 0 Å². The number of amides is 1. The molecular formula is C26H29N3OS2. The van der Waals surface area contributed by atoms with E-state index in [0.717, 1.165) is 40.3 Å². The molecule has 0 radical (unpaired) electrons. The molecule has 166 valence electrons. The van der Waals surface area contributed by atoms with E-state index in [-0.39, 0.29) is 11.3 Å². The molecular weight excluding hydrogens is 434 g/mol. The van der Waals surface area contributed by atoms with Crippen LogP contribution >= 0.6 is 24.0 Å². The van der Waals surface area contributed by atoms with E-state index in [0.29, 0.717) is 10.9 Å². The van der Waals surface area contributed by atoms with Crippen molar-refractivity contribution in [3.05, 3.63) is 52.7 Å². The first-order valence-corrected chi connectivity index (χ1v) is 13.2. The first-order chi connectivity index (χ1) is 15.5. The second-order valence-corrected chi connectivity index (χ2v) is 11.9. The molecule has 0 unspecified atom stereocenters. The van der Waals surface area contributed by atoms with Gasteiger partial charge in [0.2, 0.25) is 0 Å². The molecule has 1 aliphatic heterocycles. The number of hydrogen-bond acceptors (Lipinski definition) is 4. The standard InChI is InChI=1S/C26H29N3OS2/c1-2-8-28-24(30)22(32-25(28)31)12-20-16-29(21-6-4-3-5-7-21)27-23(20)26-13-17-9-18(14-26)11-19(10-17)15-26/h3-7,12,16-19H,2,8-11,13-15H2,1H3/b22-12-. The molecule has 6 heteroatoms. The van der Waals surface area contributed by atoms with E-state index in [1.165, 1.54) is 56.0 Å². The number of nitrogens with zero attached hydrogens (tertiary/aromatic N) is 3. The van der Waals surface area contributed by atoms with Gasteiger partial charge in [-0.2, -0.15) is 5.10 Å². The minimum Gasteiger partial charge on any atom is -0.293 e. The van der Waals surface area contributed by atoms with E-state index in [1.807, 2.05) is 10.7 Å². The van der Waals surface area contributed by atoms with Gasteiger partial charge in [-0.3, -0.25) is 9.69 Å². The number of hydrogen-bond donors (Lipinski definition) is 0. The van der Waals surface area contributed by atoms with Crippen LogP contribution in [0.5, 0.6) is 0 Å². The summed E-state index contributed by atoms with van der Waals surface area (Å²) < 4.78 is 2.70. The molecule has 1 aromatic heterocycles. The van der Waals surface area contributed by atoms with Gasteiger partial charge in [0.25, 0.3) is 5.91 Å². The van der Waals surface area contributed by atoms with Crippen LogP contribution in [0, 0.1) is 17.8 Å². The highest BCUT2D eigenvalue weighted by Crippen LogP contribution is 2.61. The fourth-order valence-electron chi connectivity index (χ4n) is 7.08. The van der Waals surface area contributed by atoms with Crippen molar-refractivity contribution in [2.24, 2.45) is 17.8 Å². The minimum atomic E-state index is 0.0470. The molecule has 0 atom stereocenters. The molecule has 0 N–H and O–H groups in total. The van der Waals surface area contributed by atoms with Crippen molar-refractivity contribution in [1.82, 2.24) is 14.7 Å².